The van der Waals surface area contributed by atoms with Crippen LogP contribution in [-0.4, -0.2) is 13.7 Å². The molecule has 0 aromatic heterocycles. The van der Waals surface area contributed by atoms with Crippen molar-refractivity contribution in [1.82, 2.24) is 0 Å². The van der Waals surface area contributed by atoms with Crippen LogP contribution in [0.15, 0.2) is 54.8 Å². The van der Waals surface area contributed by atoms with E-state index in [1.54, 1.807) is 13.4 Å². The third-order valence-electron chi connectivity index (χ3n) is 4.24. The smallest absolute Gasteiger partial charge is 0.0830 e. The van der Waals surface area contributed by atoms with Crippen LogP contribution in [0.2, 0.25) is 0 Å². The highest BCUT2D eigenvalue weighted by atomic mass is 16.5. The van der Waals surface area contributed by atoms with Gasteiger partial charge in [0, 0.05) is 31.1 Å². The molecule has 0 N–H and O–H groups in total. The van der Waals surface area contributed by atoms with Crippen molar-refractivity contribution in [3.8, 4) is 6.07 Å². The van der Waals surface area contributed by atoms with Crippen molar-refractivity contribution in [3.05, 3.63) is 71.5 Å². The third kappa shape index (κ3) is 3.22. The van der Waals surface area contributed by atoms with Crippen LogP contribution >= 0.6 is 0 Å². The van der Waals surface area contributed by atoms with E-state index in [-0.39, 0.29) is 5.92 Å². The zero-order valence-corrected chi connectivity index (χ0v) is 13.3. The second-order valence-corrected chi connectivity index (χ2v) is 5.74. The van der Waals surface area contributed by atoms with Gasteiger partial charge in [-0.15, -0.1) is 0 Å². The molecule has 0 bridgehead atoms. The van der Waals surface area contributed by atoms with Crippen molar-refractivity contribution < 1.29 is 4.74 Å². The molecular weight excluding hydrogens is 284 g/mol. The maximum absolute atomic E-state index is 9.18. The number of benzene rings is 2. The molecule has 1 aliphatic rings. The van der Waals surface area contributed by atoms with Crippen LogP contribution < -0.4 is 4.90 Å². The van der Waals surface area contributed by atoms with Gasteiger partial charge in [-0.05, 0) is 28.8 Å². The molecule has 3 rings (SSSR count). The SMILES string of the molecule is CO/C=C\c1cccc2c1C(CC#N)CN2Cc1ccccc1. The molecule has 0 amide bonds. The van der Waals surface area contributed by atoms with Crippen molar-refractivity contribution in [3.63, 3.8) is 0 Å². The molecular formula is C20H20N2O. The van der Waals surface area contributed by atoms with Crippen molar-refractivity contribution in [2.75, 3.05) is 18.6 Å². The molecule has 0 saturated heterocycles. The molecule has 1 unspecified atom stereocenters. The molecule has 0 fully saturated rings. The summed E-state index contributed by atoms with van der Waals surface area (Å²) in [7, 11) is 1.65. The third-order valence-corrected chi connectivity index (χ3v) is 4.24. The topological polar surface area (TPSA) is 36.3 Å². The van der Waals surface area contributed by atoms with E-state index in [2.05, 4.69) is 53.4 Å². The number of rotatable bonds is 5. The summed E-state index contributed by atoms with van der Waals surface area (Å²) in [4.78, 5) is 2.37. The van der Waals surface area contributed by atoms with Crippen molar-refractivity contribution >= 4 is 11.8 Å². The van der Waals surface area contributed by atoms with Gasteiger partial charge in [0.1, 0.15) is 0 Å². The number of nitrogens with zero attached hydrogens (tertiary/aromatic N) is 2. The normalized spacial score (nSPS) is 16.3. The molecule has 1 heterocycles. The Balaban J connectivity index is 1.95. The highest BCUT2D eigenvalue weighted by Gasteiger charge is 2.30. The first-order valence-electron chi connectivity index (χ1n) is 7.81. The number of methoxy groups -OCH3 is 1. The number of hydrogen-bond donors (Lipinski definition) is 0. The van der Waals surface area contributed by atoms with Gasteiger partial charge in [0.15, 0.2) is 0 Å². The van der Waals surface area contributed by atoms with Crippen LogP contribution in [0.3, 0.4) is 0 Å². The fourth-order valence-electron chi connectivity index (χ4n) is 3.26. The van der Waals surface area contributed by atoms with Gasteiger partial charge in [0.05, 0.1) is 19.4 Å². The quantitative estimate of drug-likeness (QED) is 0.772. The lowest BCUT2D eigenvalue weighted by Gasteiger charge is -2.20. The summed E-state index contributed by atoms with van der Waals surface area (Å²) in [6.45, 7) is 1.75. The number of fused-ring (bicyclic) bond motifs is 1. The van der Waals surface area contributed by atoms with Crippen LogP contribution in [0.5, 0.6) is 0 Å². The van der Waals surface area contributed by atoms with Gasteiger partial charge < -0.3 is 9.64 Å². The molecule has 0 radical (unpaired) electrons. The van der Waals surface area contributed by atoms with Crippen molar-refractivity contribution in [2.45, 2.75) is 18.9 Å². The summed E-state index contributed by atoms with van der Waals surface area (Å²) in [6.07, 6.45) is 4.21. The van der Waals surface area contributed by atoms with Crippen molar-refractivity contribution in [2.24, 2.45) is 0 Å². The average Bonchev–Trinajstić information content (AvgIpc) is 2.93. The monoisotopic (exact) mass is 304 g/mol. The largest absolute Gasteiger partial charge is 0.504 e. The summed E-state index contributed by atoms with van der Waals surface area (Å²) >= 11 is 0. The average molecular weight is 304 g/mol. The lowest BCUT2D eigenvalue weighted by atomic mass is 9.94. The van der Waals surface area contributed by atoms with Gasteiger partial charge in [0.2, 0.25) is 0 Å². The maximum atomic E-state index is 9.18. The summed E-state index contributed by atoms with van der Waals surface area (Å²) in [6, 6.07) is 19.1. The van der Waals surface area contributed by atoms with Gasteiger partial charge in [-0.1, -0.05) is 42.5 Å². The maximum Gasteiger partial charge on any atom is 0.0830 e. The Morgan fingerprint density at radius 3 is 2.78 bits per heavy atom. The number of ether oxygens (including phenoxy) is 1. The first kappa shape index (κ1) is 15.2. The summed E-state index contributed by atoms with van der Waals surface area (Å²) in [5.74, 6) is 0.247. The Morgan fingerprint density at radius 1 is 1.22 bits per heavy atom. The molecule has 0 spiro atoms. The van der Waals surface area contributed by atoms with Crippen LogP contribution in [-0.2, 0) is 11.3 Å². The second kappa shape index (κ2) is 7.02. The van der Waals surface area contributed by atoms with Gasteiger partial charge in [-0.25, -0.2) is 0 Å². The Hall–Kier alpha value is -2.73. The minimum atomic E-state index is 0.247. The number of anilines is 1. The summed E-state index contributed by atoms with van der Waals surface area (Å²) in [5.41, 5.74) is 4.92. The van der Waals surface area contributed by atoms with Gasteiger partial charge in [0.25, 0.3) is 0 Å². The van der Waals surface area contributed by atoms with Crippen LogP contribution in [0.1, 0.15) is 29.0 Å². The first-order valence-corrected chi connectivity index (χ1v) is 7.81. The molecule has 3 heteroatoms. The fourth-order valence-corrected chi connectivity index (χ4v) is 3.26. The zero-order valence-electron chi connectivity index (χ0n) is 13.3. The molecule has 0 aliphatic carbocycles. The molecule has 23 heavy (non-hydrogen) atoms. The van der Waals surface area contributed by atoms with E-state index in [1.165, 1.54) is 16.8 Å². The summed E-state index contributed by atoms with van der Waals surface area (Å²) in [5, 5.41) is 9.18. The minimum Gasteiger partial charge on any atom is -0.504 e. The van der Waals surface area contributed by atoms with E-state index in [0.717, 1.165) is 18.7 Å². The van der Waals surface area contributed by atoms with Crippen LogP contribution in [0.25, 0.3) is 6.08 Å². The fraction of sp³-hybridized carbons (Fsp3) is 0.250. The van der Waals surface area contributed by atoms with Crippen LogP contribution in [0.4, 0.5) is 5.69 Å². The molecule has 1 atom stereocenters. The predicted molar refractivity (Wildman–Crippen MR) is 92.9 cm³/mol. The summed E-state index contributed by atoms with van der Waals surface area (Å²) < 4.78 is 5.06. The van der Waals surface area contributed by atoms with E-state index in [0.29, 0.717) is 6.42 Å². The first-order chi connectivity index (χ1) is 11.3. The molecule has 2 aromatic rings. The van der Waals surface area contributed by atoms with E-state index < -0.39 is 0 Å². The predicted octanol–water partition coefficient (Wildman–Crippen LogP) is 4.32. The minimum absolute atomic E-state index is 0.247. The molecule has 1 aliphatic heterocycles. The van der Waals surface area contributed by atoms with Gasteiger partial charge in [-0.3, -0.25) is 0 Å². The van der Waals surface area contributed by atoms with Crippen molar-refractivity contribution in [1.29, 1.82) is 5.26 Å². The Kier molecular flexibility index (Phi) is 4.63. The Labute approximate surface area is 137 Å². The second-order valence-electron chi connectivity index (χ2n) is 5.74. The standard InChI is InChI=1S/C20H20N2O/c1-23-13-11-17-8-5-9-19-20(17)18(10-12-21)15-22(19)14-16-6-3-2-4-7-16/h2-9,11,13,18H,10,14-15H2,1H3/b13-11-. The van der Waals surface area contributed by atoms with E-state index >= 15 is 0 Å². The molecule has 0 saturated carbocycles. The highest BCUT2D eigenvalue weighted by molar-refractivity contribution is 5.70. The van der Waals surface area contributed by atoms with E-state index in [4.69, 9.17) is 4.74 Å². The number of nitriles is 1. The van der Waals surface area contributed by atoms with Crippen LogP contribution in [0, 0.1) is 11.3 Å². The highest BCUT2D eigenvalue weighted by Crippen LogP contribution is 2.41. The van der Waals surface area contributed by atoms with Gasteiger partial charge >= 0.3 is 0 Å². The zero-order chi connectivity index (χ0) is 16.1. The van der Waals surface area contributed by atoms with E-state index in [9.17, 15) is 5.26 Å². The van der Waals surface area contributed by atoms with Gasteiger partial charge in [-0.2, -0.15) is 5.26 Å². The Morgan fingerprint density at radius 2 is 2.04 bits per heavy atom. The molecule has 3 nitrogen and oxygen atoms in total. The Bertz CT molecular complexity index is 731. The molecule has 116 valence electrons. The lowest BCUT2D eigenvalue weighted by molar-refractivity contribution is 0.341. The number of hydrogen-bond acceptors (Lipinski definition) is 3. The molecule has 2 aromatic carbocycles. The van der Waals surface area contributed by atoms with E-state index in [1.807, 2.05) is 12.1 Å². The lowest BCUT2D eigenvalue weighted by Crippen LogP contribution is -2.21.